The summed E-state index contributed by atoms with van der Waals surface area (Å²) in [4.78, 5) is 0.261. The van der Waals surface area contributed by atoms with Gasteiger partial charge in [0.2, 0.25) is 10.0 Å². The van der Waals surface area contributed by atoms with E-state index >= 15 is 0 Å². The van der Waals surface area contributed by atoms with Crippen LogP contribution in [-0.2, 0) is 16.4 Å². The van der Waals surface area contributed by atoms with Gasteiger partial charge in [-0.15, -0.1) is 0 Å². The second-order valence-corrected chi connectivity index (χ2v) is 6.69. The second-order valence-electron chi connectivity index (χ2n) is 4.98. The first-order valence-corrected chi connectivity index (χ1v) is 8.29. The summed E-state index contributed by atoms with van der Waals surface area (Å²) in [5.74, 6) is 0. The molecule has 0 spiro atoms. The van der Waals surface area contributed by atoms with Crippen LogP contribution in [0.4, 0.5) is 0 Å². The Labute approximate surface area is 120 Å². The van der Waals surface area contributed by atoms with Crippen molar-refractivity contribution in [2.24, 2.45) is 0 Å². The van der Waals surface area contributed by atoms with Gasteiger partial charge < -0.3 is 5.32 Å². The molecule has 0 amide bonds. The van der Waals surface area contributed by atoms with Gasteiger partial charge in [0.15, 0.2) is 0 Å². The quantitative estimate of drug-likeness (QED) is 0.873. The predicted molar refractivity (Wildman–Crippen MR) is 76.6 cm³/mol. The third-order valence-corrected chi connectivity index (χ3v) is 4.95. The Morgan fingerprint density at radius 3 is 2.70 bits per heavy atom. The Bertz CT molecular complexity index is 567. The number of rotatable bonds is 4. The minimum atomic E-state index is -3.47. The number of nitriles is 1. The normalized spacial score (nSPS) is 20.1. The van der Waals surface area contributed by atoms with Crippen LogP contribution in [-0.4, -0.2) is 27.5 Å². The van der Waals surface area contributed by atoms with Gasteiger partial charge in [0.05, 0.1) is 17.4 Å². The summed E-state index contributed by atoms with van der Waals surface area (Å²) < 4.78 is 27.3. The summed E-state index contributed by atoms with van der Waals surface area (Å²) in [6, 6.07) is 8.53. The predicted octanol–water partition coefficient (Wildman–Crippen LogP) is 1.17. The summed E-state index contributed by atoms with van der Waals surface area (Å²) in [5.41, 5.74) is 0.824. The molecule has 1 aromatic carbocycles. The fourth-order valence-electron chi connectivity index (χ4n) is 2.30. The van der Waals surface area contributed by atoms with Crippen molar-refractivity contribution in [3.63, 3.8) is 0 Å². The number of sulfonamides is 1. The highest BCUT2D eigenvalue weighted by atomic mass is 32.2. The molecule has 1 fully saturated rings. The average molecular weight is 293 g/mol. The summed E-state index contributed by atoms with van der Waals surface area (Å²) >= 11 is 0. The summed E-state index contributed by atoms with van der Waals surface area (Å²) in [5, 5.41) is 11.9. The summed E-state index contributed by atoms with van der Waals surface area (Å²) in [6.45, 7) is 1.79. The molecular weight excluding hydrogens is 274 g/mol. The second kappa shape index (κ2) is 6.84. The monoisotopic (exact) mass is 293 g/mol. The highest BCUT2D eigenvalue weighted by molar-refractivity contribution is 7.89. The molecule has 1 aromatic rings. The maximum Gasteiger partial charge on any atom is 0.240 e. The van der Waals surface area contributed by atoms with E-state index in [2.05, 4.69) is 10.0 Å². The number of benzene rings is 1. The number of hydrogen-bond acceptors (Lipinski definition) is 4. The number of nitrogens with one attached hydrogen (secondary N) is 2. The number of nitrogens with zero attached hydrogens (tertiary/aromatic N) is 1. The molecule has 20 heavy (non-hydrogen) atoms. The van der Waals surface area contributed by atoms with Gasteiger partial charge in [0, 0.05) is 6.04 Å². The molecule has 0 saturated carbocycles. The van der Waals surface area contributed by atoms with Crippen molar-refractivity contribution in [1.29, 1.82) is 5.26 Å². The van der Waals surface area contributed by atoms with Crippen molar-refractivity contribution in [1.82, 2.24) is 10.0 Å². The summed E-state index contributed by atoms with van der Waals surface area (Å²) in [7, 11) is -3.47. The minimum absolute atomic E-state index is 0.00575. The Morgan fingerprint density at radius 2 is 2.00 bits per heavy atom. The average Bonchev–Trinajstić information content (AvgIpc) is 2.68. The topological polar surface area (TPSA) is 82.0 Å². The molecule has 108 valence electrons. The summed E-state index contributed by atoms with van der Waals surface area (Å²) in [6.07, 6.45) is 2.95. The van der Waals surface area contributed by atoms with Crippen molar-refractivity contribution in [3.8, 4) is 6.07 Å². The van der Waals surface area contributed by atoms with Gasteiger partial charge in [0.1, 0.15) is 0 Å². The Morgan fingerprint density at radius 1 is 1.25 bits per heavy atom. The van der Waals surface area contributed by atoms with Crippen LogP contribution in [0.5, 0.6) is 0 Å². The maximum atomic E-state index is 12.3. The van der Waals surface area contributed by atoms with Gasteiger partial charge in [-0.25, -0.2) is 13.1 Å². The Hall–Kier alpha value is -1.42. The highest BCUT2D eigenvalue weighted by Crippen LogP contribution is 2.14. The van der Waals surface area contributed by atoms with E-state index in [0.29, 0.717) is 6.42 Å². The maximum absolute atomic E-state index is 12.3. The lowest BCUT2D eigenvalue weighted by atomic mass is 10.1. The van der Waals surface area contributed by atoms with Gasteiger partial charge in [-0.1, -0.05) is 12.1 Å². The smallest absolute Gasteiger partial charge is 0.240 e. The van der Waals surface area contributed by atoms with Crippen LogP contribution in [0.15, 0.2) is 29.2 Å². The lowest BCUT2D eigenvalue weighted by Crippen LogP contribution is -2.35. The van der Waals surface area contributed by atoms with Crippen molar-refractivity contribution in [2.45, 2.75) is 36.6 Å². The van der Waals surface area contributed by atoms with E-state index < -0.39 is 10.0 Å². The van der Waals surface area contributed by atoms with E-state index in [4.69, 9.17) is 5.26 Å². The van der Waals surface area contributed by atoms with Gasteiger partial charge >= 0.3 is 0 Å². The third-order valence-electron chi connectivity index (χ3n) is 3.41. The van der Waals surface area contributed by atoms with Crippen LogP contribution in [0.25, 0.3) is 0 Å². The first kappa shape index (κ1) is 15.0. The van der Waals surface area contributed by atoms with Crippen molar-refractivity contribution in [3.05, 3.63) is 29.8 Å². The fourth-order valence-corrected chi connectivity index (χ4v) is 3.61. The standard InChI is InChI=1S/C14H19N3O2S/c15-9-7-12-3-5-14(6-4-12)20(18,19)17-13-2-1-10-16-11-8-13/h3-6,13,16-17H,1-2,7-8,10-11H2. The lowest BCUT2D eigenvalue weighted by molar-refractivity contribution is 0.518. The highest BCUT2D eigenvalue weighted by Gasteiger charge is 2.20. The van der Waals surface area contributed by atoms with E-state index in [1.165, 1.54) is 0 Å². The van der Waals surface area contributed by atoms with Crippen LogP contribution in [0.2, 0.25) is 0 Å². The molecule has 1 aliphatic heterocycles. The lowest BCUT2D eigenvalue weighted by Gasteiger charge is -2.16. The Balaban J connectivity index is 2.07. The van der Waals surface area contributed by atoms with Crippen molar-refractivity contribution >= 4 is 10.0 Å². The van der Waals surface area contributed by atoms with Gasteiger partial charge in [-0.2, -0.15) is 5.26 Å². The van der Waals surface area contributed by atoms with E-state index in [9.17, 15) is 8.42 Å². The van der Waals surface area contributed by atoms with Gasteiger partial charge in [0.25, 0.3) is 0 Å². The van der Waals surface area contributed by atoms with Gasteiger partial charge in [-0.3, -0.25) is 0 Å². The first-order chi connectivity index (χ1) is 9.62. The molecule has 2 N–H and O–H groups in total. The van der Waals surface area contributed by atoms with Gasteiger partial charge in [-0.05, 0) is 50.0 Å². The first-order valence-electron chi connectivity index (χ1n) is 6.81. The van der Waals surface area contributed by atoms with Crippen LogP contribution >= 0.6 is 0 Å². The Kier molecular flexibility index (Phi) is 5.12. The molecule has 5 nitrogen and oxygen atoms in total. The molecule has 2 rings (SSSR count). The molecule has 0 radical (unpaired) electrons. The van der Waals surface area contributed by atoms with E-state index in [1.807, 2.05) is 6.07 Å². The number of hydrogen-bond donors (Lipinski definition) is 2. The van der Waals surface area contributed by atoms with Crippen LogP contribution in [0.3, 0.4) is 0 Å². The molecule has 0 aromatic heterocycles. The van der Waals surface area contributed by atoms with Crippen molar-refractivity contribution in [2.75, 3.05) is 13.1 Å². The van der Waals surface area contributed by atoms with Crippen LogP contribution in [0.1, 0.15) is 24.8 Å². The molecule has 1 saturated heterocycles. The molecule has 1 unspecified atom stereocenters. The molecular formula is C14H19N3O2S. The van der Waals surface area contributed by atoms with Crippen LogP contribution < -0.4 is 10.0 Å². The minimum Gasteiger partial charge on any atom is -0.317 e. The van der Waals surface area contributed by atoms with E-state index in [-0.39, 0.29) is 10.9 Å². The van der Waals surface area contributed by atoms with E-state index in [0.717, 1.165) is 37.9 Å². The third kappa shape index (κ3) is 4.04. The van der Waals surface area contributed by atoms with Crippen LogP contribution in [0, 0.1) is 11.3 Å². The molecule has 6 heteroatoms. The van der Waals surface area contributed by atoms with E-state index in [1.54, 1.807) is 24.3 Å². The zero-order valence-corrected chi connectivity index (χ0v) is 12.1. The zero-order chi connectivity index (χ0) is 14.4. The molecule has 1 aliphatic rings. The van der Waals surface area contributed by atoms with Crippen molar-refractivity contribution < 1.29 is 8.42 Å². The SMILES string of the molecule is N#CCc1ccc(S(=O)(=O)NC2CCCNCC2)cc1. The molecule has 0 aliphatic carbocycles. The molecule has 0 bridgehead atoms. The molecule has 1 heterocycles. The fraction of sp³-hybridized carbons (Fsp3) is 0.500. The zero-order valence-electron chi connectivity index (χ0n) is 11.3. The largest absolute Gasteiger partial charge is 0.317 e. The molecule has 1 atom stereocenters.